The standard InChI is InChI=1S/C33H33Cl2FN4O4/c1-43-30-21(31(41)44-2)11-10-19(28(30)37)24-13-25-29(38-24)26(20-4-3-5-22(35)27(20)36)33(40(25)15-16-6-7-16)14-17-8-9-18(34)12-23(17)39-32(33)42/h3-5,8-12,16,24-26,29,38H,6-7,13-15,37H2,1-2H3,(H,39,42)/t24?,25-,26-,29+,33+/m0/s1. The quantitative estimate of drug-likeness (QED) is 0.234. The highest BCUT2D eigenvalue weighted by molar-refractivity contribution is 6.31. The minimum atomic E-state index is -1.07. The molecule has 4 aliphatic rings. The number of hydrogen-bond donors (Lipinski definition) is 3. The molecule has 44 heavy (non-hydrogen) atoms. The molecule has 4 N–H and O–H groups in total. The van der Waals surface area contributed by atoms with E-state index < -0.39 is 23.2 Å². The molecule has 3 aliphatic heterocycles. The number of nitrogen functional groups attached to an aromatic ring is 1. The van der Waals surface area contributed by atoms with Gasteiger partial charge in [-0.15, -0.1) is 0 Å². The van der Waals surface area contributed by atoms with E-state index in [4.69, 9.17) is 38.4 Å². The molecule has 3 aromatic carbocycles. The average Bonchev–Trinajstić information content (AvgIpc) is 3.68. The molecule has 3 heterocycles. The zero-order valence-electron chi connectivity index (χ0n) is 24.3. The summed E-state index contributed by atoms with van der Waals surface area (Å²) in [6.07, 6.45) is 3.19. The zero-order valence-corrected chi connectivity index (χ0v) is 25.8. The SMILES string of the molecule is COC(=O)c1ccc(C2C[C@H]3[C@@H](N2)[C@H](c2cccc(Cl)c2F)[C@@]2(Cc4ccc(Cl)cc4NC2=O)N3CC2CC2)c(N)c1OC. The lowest BCUT2D eigenvalue weighted by Crippen LogP contribution is -2.61. The maximum absolute atomic E-state index is 16.1. The van der Waals surface area contributed by atoms with Crippen LogP contribution in [0, 0.1) is 11.7 Å². The number of fused-ring (bicyclic) bond motifs is 2. The van der Waals surface area contributed by atoms with Crippen LogP contribution >= 0.6 is 23.2 Å². The Morgan fingerprint density at radius 1 is 1.14 bits per heavy atom. The van der Waals surface area contributed by atoms with Crippen molar-refractivity contribution in [3.63, 3.8) is 0 Å². The van der Waals surface area contributed by atoms with Gasteiger partial charge >= 0.3 is 5.97 Å². The highest BCUT2D eigenvalue weighted by Crippen LogP contribution is 2.57. The van der Waals surface area contributed by atoms with Crippen molar-refractivity contribution in [3.8, 4) is 5.75 Å². The lowest BCUT2D eigenvalue weighted by Gasteiger charge is -2.46. The molecule has 7 rings (SSSR count). The summed E-state index contributed by atoms with van der Waals surface area (Å²) in [5.74, 6) is -1.10. The van der Waals surface area contributed by atoms with E-state index >= 15 is 4.39 Å². The number of rotatable bonds is 6. The van der Waals surface area contributed by atoms with E-state index in [1.807, 2.05) is 18.2 Å². The van der Waals surface area contributed by atoms with Crippen LogP contribution in [0.3, 0.4) is 0 Å². The molecular weight excluding hydrogens is 606 g/mol. The number of likely N-dealkylation sites (tertiary alicyclic amines) is 1. The van der Waals surface area contributed by atoms with Gasteiger partial charge in [0.1, 0.15) is 16.9 Å². The van der Waals surface area contributed by atoms with E-state index in [1.54, 1.807) is 24.3 Å². The first-order chi connectivity index (χ1) is 21.2. The van der Waals surface area contributed by atoms with Crippen LogP contribution in [0.1, 0.15) is 58.3 Å². The third kappa shape index (κ3) is 4.47. The summed E-state index contributed by atoms with van der Waals surface area (Å²) in [5.41, 5.74) is 8.92. The van der Waals surface area contributed by atoms with Gasteiger partial charge in [-0.1, -0.05) is 47.5 Å². The van der Waals surface area contributed by atoms with Crippen molar-refractivity contribution < 1.29 is 23.5 Å². The predicted molar refractivity (Wildman–Crippen MR) is 167 cm³/mol. The van der Waals surface area contributed by atoms with Crippen LogP contribution in [0.5, 0.6) is 5.75 Å². The Morgan fingerprint density at radius 2 is 1.93 bits per heavy atom. The summed E-state index contributed by atoms with van der Waals surface area (Å²) in [5, 5.41) is 7.45. The summed E-state index contributed by atoms with van der Waals surface area (Å²) >= 11 is 12.7. The number of methoxy groups -OCH3 is 2. The molecule has 0 aromatic heterocycles. The van der Waals surface area contributed by atoms with Gasteiger partial charge in [0.2, 0.25) is 5.91 Å². The van der Waals surface area contributed by atoms with Crippen LogP contribution in [0.25, 0.3) is 0 Å². The van der Waals surface area contributed by atoms with Crippen molar-refractivity contribution in [3.05, 3.63) is 86.6 Å². The van der Waals surface area contributed by atoms with Gasteiger partial charge < -0.3 is 25.8 Å². The molecule has 8 nitrogen and oxygen atoms in total. The van der Waals surface area contributed by atoms with E-state index in [9.17, 15) is 9.59 Å². The number of hydrogen-bond acceptors (Lipinski definition) is 7. The highest BCUT2D eigenvalue weighted by atomic mass is 35.5. The Labute approximate surface area is 265 Å². The molecule has 1 amide bonds. The normalized spacial score (nSPS) is 27.6. The number of amides is 1. The molecule has 1 spiro atoms. The van der Waals surface area contributed by atoms with E-state index in [1.165, 1.54) is 20.3 Å². The second-order valence-corrected chi connectivity index (χ2v) is 13.1. The fourth-order valence-electron chi connectivity index (χ4n) is 7.83. The Kier molecular flexibility index (Phi) is 7.28. The van der Waals surface area contributed by atoms with E-state index in [0.29, 0.717) is 47.3 Å². The van der Waals surface area contributed by atoms with Gasteiger partial charge in [0, 0.05) is 47.7 Å². The van der Waals surface area contributed by atoms with E-state index in [0.717, 1.165) is 24.0 Å². The van der Waals surface area contributed by atoms with Gasteiger partial charge in [-0.3, -0.25) is 9.69 Å². The number of benzene rings is 3. The van der Waals surface area contributed by atoms with Crippen LogP contribution in [0.4, 0.5) is 15.8 Å². The lowest BCUT2D eigenvalue weighted by atomic mass is 9.71. The lowest BCUT2D eigenvalue weighted by molar-refractivity contribution is -0.129. The van der Waals surface area contributed by atoms with Gasteiger partial charge in [-0.05, 0) is 66.1 Å². The topological polar surface area (TPSA) is 106 Å². The molecule has 230 valence electrons. The number of halogens is 3. The van der Waals surface area contributed by atoms with Crippen molar-refractivity contribution in [2.45, 2.75) is 55.3 Å². The zero-order chi connectivity index (χ0) is 30.9. The van der Waals surface area contributed by atoms with Crippen molar-refractivity contribution in [1.29, 1.82) is 0 Å². The van der Waals surface area contributed by atoms with Crippen LogP contribution in [-0.4, -0.2) is 55.2 Å². The fraction of sp³-hybridized carbons (Fsp3) is 0.394. The minimum absolute atomic E-state index is 0.0140. The minimum Gasteiger partial charge on any atom is -0.494 e. The number of nitrogens with zero attached hydrogens (tertiary/aromatic N) is 1. The average molecular weight is 640 g/mol. The first-order valence-electron chi connectivity index (χ1n) is 14.8. The maximum atomic E-state index is 16.1. The van der Waals surface area contributed by atoms with Crippen LogP contribution < -0.4 is 21.1 Å². The smallest absolute Gasteiger partial charge is 0.341 e. The van der Waals surface area contributed by atoms with Crippen molar-refractivity contribution >= 4 is 46.5 Å². The van der Waals surface area contributed by atoms with Gasteiger partial charge in [-0.2, -0.15) is 0 Å². The third-order valence-corrected chi connectivity index (χ3v) is 10.5. The molecule has 0 bridgehead atoms. The van der Waals surface area contributed by atoms with Crippen LogP contribution in [0.15, 0.2) is 48.5 Å². The summed E-state index contributed by atoms with van der Waals surface area (Å²) in [6.45, 7) is 0.713. The summed E-state index contributed by atoms with van der Waals surface area (Å²) in [6, 6.07) is 13.3. The Hall–Kier alpha value is -3.37. The van der Waals surface area contributed by atoms with E-state index in [2.05, 4.69) is 15.5 Å². The summed E-state index contributed by atoms with van der Waals surface area (Å²) < 4.78 is 26.5. The second-order valence-electron chi connectivity index (χ2n) is 12.3. The summed E-state index contributed by atoms with van der Waals surface area (Å²) in [7, 11) is 2.77. The number of carbonyl (C=O) groups excluding carboxylic acids is 2. The number of anilines is 2. The van der Waals surface area contributed by atoms with Gasteiger partial charge in [-0.25, -0.2) is 9.18 Å². The largest absolute Gasteiger partial charge is 0.494 e. The molecule has 3 fully saturated rings. The van der Waals surface area contributed by atoms with Gasteiger partial charge in [0.25, 0.3) is 0 Å². The molecule has 1 saturated carbocycles. The number of carbonyl (C=O) groups is 2. The first-order valence-corrected chi connectivity index (χ1v) is 15.5. The maximum Gasteiger partial charge on any atom is 0.341 e. The molecule has 2 saturated heterocycles. The first kappa shape index (κ1) is 29.3. The van der Waals surface area contributed by atoms with Crippen molar-refractivity contribution in [2.24, 2.45) is 5.92 Å². The number of nitrogens with one attached hydrogen (secondary N) is 2. The van der Waals surface area contributed by atoms with Crippen LogP contribution in [0.2, 0.25) is 10.0 Å². The Morgan fingerprint density at radius 3 is 2.66 bits per heavy atom. The Balaban J connectivity index is 1.36. The number of ether oxygens (including phenoxy) is 2. The van der Waals surface area contributed by atoms with Gasteiger partial charge in [0.05, 0.1) is 24.9 Å². The molecular formula is C33H33Cl2FN4O4. The third-order valence-electron chi connectivity index (χ3n) is 9.93. The van der Waals surface area contributed by atoms with Crippen molar-refractivity contribution in [2.75, 3.05) is 31.8 Å². The molecule has 3 aromatic rings. The Bertz CT molecular complexity index is 1680. The number of nitrogens with two attached hydrogens (primary N) is 1. The second kappa shape index (κ2) is 10.9. The van der Waals surface area contributed by atoms with Crippen molar-refractivity contribution in [1.82, 2.24) is 10.2 Å². The monoisotopic (exact) mass is 638 g/mol. The molecule has 11 heteroatoms. The highest BCUT2D eigenvalue weighted by Gasteiger charge is 2.67. The van der Waals surface area contributed by atoms with Crippen LogP contribution in [-0.2, 0) is 16.0 Å². The fourth-order valence-corrected chi connectivity index (χ4v) is 8.18. The van der Waals surface area contributed by atoms with Gasteiger partial charge in [0.15, 0.2) is 5.75 Å². The van der Waals surface area contributed by atoms with E-state index in [-0.39, 0.29) is 40.4 Å². The predicted octanol–water partition coefficient (Wildman–Crippen LogP) is 5.72. The summed E-state index contributed by atoms with van der Waals surface area (Å²) in [4.78, 5) is 29.2. The molecule has 0 radical (unpaired) electrons. The molecule has 1 aliphatic carbocycles. The molecule has 5 atom stereocenters. The molecule has 1 unspecified atom stereocenters. The number of esters is 1.